The summed E-state index contributed by atoms with van der Waals surface area (Å²) in [6.45, 7) is 1.74. The summed E-state index contributed by atoms with van der Waals surface area (Å²) in [5, 5.41) is -1.68. The molecule has 0 aliphatic rings. The van der Waals surface area contributed by atoms with E-state index in [1.807, 2.05) is 0 Å². The highest BCUT2D eigenvalue weighted by atomic mass is 32.2. The Morgan fingerprint density at radius 3 is 2.27 bits per heavy atom. The van der Waals surface area contributed by atoms with Crippen LogP contribution in [-0.4, -0.2) is 26.0 Å². The maximum atomic E-state index is 14.5. The van der Waals surface area contributed by atoms with Gasteiger partial charge in [0.15, 0.2) is 9.84 Å². The molecule has 1 heterocycles. The molecule has 0 aliphatic heterocycles. The molecular weight excluding hydrogens is 419 g/mol. The molecule has 156 valence electrons. The van der Waals surface area contributed by atoms with Crippen LogP contribution in [0.1, 0.15) is 33.8 Å². The maximum Gasteiger partial charge on any atom is 0.356 e. The first-order valence-electron chi connectivity index (χ1n) is 8.81. The summed E-state index contributed by atoms with van der Waals surface area (Å²) >= 11 is 0. The van der Waals surface area contributed by atoms with Crippen LogP contribution in [0.4, 0.5) is 13.2 Å². The van der Waals surface area contributed by atoms with E-state index in [9.17, 15) is 26.4 Å². The van der Waals surface area contributed by atoms with Crippen molar-refractivity contribution in [3.8, 4) is 0 Å². The maximum absolute atomic E-state index is 14.5. The van der Waals surface area contributed by atoms with E-state index in [1.54, 1.807) is 6.92 Å². The van der Waals surface area contributed by atoms with Gasteiger partial charge in [0.05, 0.1) is 11.5 Å². The highest BCUT2D eigenvalue weighted by Gasteiger charge is 2.34. The van der Waals surface area contributed by atoms with Crippen molar-refractivity contribution < 1.29 is 31.1 Å². The smallest absolute Gasteiger partial charge is 0.356 e. The number of carbonyl (C=O) groups excluding carboxylic acids is 1. The molecule has 5 nitrogen and oxygen atoms in total. The van der Waals surface area contributed by atoms with Crippen LogP contribution in [0.25, 0.3) is 0 Å². The minimum atomic E-state index is -4.34. The molecule has 0 N–H and O–H groups in total. The van der Waals surface area contributed by atoms with Crippen molar-refractivity contribution in [2.24, 2.45) is 0 Å². The summed E-state index contributed by atoms with van der Waals surface area (Å²) in [7, 11) is -4.34. The third-order valence-corrected chi connectivity index (χ3v) is 6.34. The first-order valence-corrected chi connectivity index (χ1v) is 10.4. The van der Waals surface area contributed by atoms with Crippen LogP contribution in [0.2, 0.25) is 0 Å². The Bertz CT molecular complexity index is 1160. The quantitative estimate of drug-likeness (QED) is 0.428. The molecule has 0 amide bonds. The molecule has 9 heteroatoms. The van der Waals surface area contributed by atoms with E-state index >= 15 is 0 Å². The fraction of sp³-hybridized carbons (Fsp3) is 0.143. The molecule has 3 aromatic rings. The van der Waals surface area contributed by atoms with Gasteiger partial charge in [-0.05, 0) is 61.0 Å². The lowest BCUT2D eigenvalue weighted by atomic mass is 10.0. The van der Waals surface area contributed by atoms with Gasteiger partial charge in [-0.1, -0.05) is 6.07 Å². The fourth-order valence-corrected chi connectivity index (χ4v) is 4.69. The number of aromatic nitrogens is 1. The summed E-state index contributed by atoms with van der Waals surface area (Å²) in [4.78, 5) is 15.4. The predicted molar refractivity (Wildman–Crippen MR) is 102 cm³/mol. The predicted octanol–water partition coefficient (Wildman–Crippen LogP) is 4.24. The van der Waals surface area contributed by atoms with Gasteiger partial charge in [0.25, 0.3) is 0 Å². The van der Waals surface area contributed by atoms with Crippen LogP contribution in [-0.2, 0) is 14.6 Å². The first-order chi connectivity index (χ1) is 14.2. The minimum absolute atomic E-state index is 0.00289. The van der Waals surface area contributed by atoms with Crippen molar-refractivity contribution in [2.75, 3.05) is 6.61 Å². The van der Waals surface area contributed by atoms with E-state index in [1.165, 1.54) is 12.1 Å². The molecule has 0 fully saturated rings. The lowest BCUT2D eigenvalue weighted by molar-refractivity contribution is 0.0519. The number of rotatable bonds is 6. The van der Waals surface area contributed by atoms with Gasteiger partial charge in [0, 0.05) is 11.8 Å². The van der Waals surface area contributed by atoms with Gasteiger partial charge in [-0.25, -0.2) is 31.4 Å². The molecule has 0 saturated carbocycles. The van der Waals surface area contributed by atoms with Gasteiger partial charge in [0.2, 0.25) is 0 Å². The largest absolute Gasteiger partial charge is 0.461 e. The van der Waals surface area contributed by atoms with Gasteiger partial charge in [-0.3, -0.25) is 0 Å². The lowest BCUT2D eigenvalue weighted by Gasteiger charge is -2.19. The molecule has 0 aliphatic carbocycles. The van der Waals surface area contributed by atoms with Crippen LogP contribution in [0.3, 0.4) is 0 Å². The molecule has 0 spiro atoms. The molecular formula is C21H16F3NO4S. The van der Waals surface area contributed by atoms with Gasteiger partial charge < -0.3 is 4.74 Å². The van der Waals surface area contributed by atoms with Gasteiger partial charge in [-0.15, -0.1) is 0 Å². The van der Waals surface area contributed by atoms with Crippen LogP contribution in [0.5, 0.6) is 0 Å². The monoisotopic (exact) mass is 435 g/mol. The number of ether oxygens (including phenoxy) is 1. The van der Waals surface area contributed by atoms with Crippen molar-refractivity contribution in [3.05, 3.63) is 95.1 Å². The highest BCUT2D eigenvalue weighted by molar-refractivity contribution is 7.91. The number of esters is 1. The van der Waals surface area contributed by atoms with Gasteiger partial charge >= 0.3 is 5.97 Å². The molecule has 30 heavy (non-hydrogen) atoms. The topological polar surface area (TPSA) is 73.3 Å². The Hall–Kier alpha value is -3.20. The first kappa shape index (κ1) is 21.5. The number of carbonyl (C=O) groups is 1. The number of benzene rings is 2. The third-order valence-electron chi connectivity index (χ3n) is 4.27. The van der Waals surface area contributed by atoms with Crippen molar-refractivity contribution in [3.63, 3.8) is 0 Å². The van der Waals surface area contributed by atoms with Crippen molar-refractivity contribution in [1.82, 2.24) is 4.98 Å². The Labute approximate surface area is 171 Å². The number of pyridine rings is 1. The summed E-state index contributed by atoms with van der Waals surface area (Å²) in [6.07, 6.45) is 1.09. The molecule has 0 radical (unpaired) electrons. The average molecular weight is 435 g/mol. The molecule has 1 unspecified atom stereocenters. The second-order valence-electron chi connectivity index (χ2n) is 6.24. The van der Waals surface area contributed by atoms with Crippen LogP contribution >= 0.6 is 0 Å². The van der Waals surface area contributed by atoms with E-state index < -0.39 is 44.1 Å². The normalized spacial score (nSPS) is 12.4. The van der Waals surface area contributed by atoms with Gasteiger partial charge in [-0.2, -0.15) is 0 Å². The summed E-state index contributed by atoms with van der Waals surface area (Å²) in [5.41, 5.74) is -0.514. The summed E-state index contributed by atoms with van der Waals surface area (Å²) in [5.74, 6) is -3.13. The van der Waals surface area contributed by atoms with E-state index in [4.69, 9.17) is 4.74 Å². The highest BCUT2D eigenvalue weighted by Crippen LogP contribution is 2.36. The average Bonchev–Trinajstić information content (AvgIpc) is 2.71. The minimum Gasteiger partial charge on any atom is -0.461 e. The zero-order valence-corrected chi connectivity index (χ0v) is 16.5. The zero-order valence-electron chi connectivity index (χ0n) is 15.7. The summed E-state index contributed by atoms with van der Waals surface area (Å²) in [6, 6.07) is 8.95. The van der Waals surface area contributed by atoms with Crippen molar-refractivity contribution >= 4 is 15.8 Å². The lowest BCUT2D eigenvalue weighted by Crippen LogP contribution is -2.18. The Kier molecular flexibility index (Phi) is 6.21. The number of nitrogens with zero attached hydrogens (tertiary/aromatic N) is 1. The van der Waals surface area contributed by atoms with Crippen molar-refractivity contribution in [1.29, 1.82) is 0 Å². The van der Waals surface area contributed by atoms with Crippen molar-refractivity contribution in [2.45, 2.75) is 17.1 Å². The molecule has 3 rings (SSSR count). The second-order valence-corrected chi connectivity index (χ2v) is 8.27. The Morgan fingerprint density at radius 2 is 1.67 bits per heavy atom. The SMILES string of the molecule is CCOC(=O)c1ccc(C(c2cc(F)ccc2F)S(=O)(=O)c2ccc(F)cc2)cn1. The van der Waals surface area contributed by atoms with Crippen LogP contribution in [0, 0.1) is 17.5 Å². The second kappa shape index (κ2) is 8.66. The molecule has 1 atom stereocenters. The van der Waals surface area contributed by atoms with E-state index in [-0.39, 0.29) is 22.8 Å². The van der Waals surface area contributed by atoms with Crippen LogP contribution in [0.15, 0.2) is 65.7 Å². The molecule has 0 saturated heterocycles. The third kappa shape index (κ3) is 4.35. The van der Waals surface area contributed by atoms with E-state index in [0.29, 0.717) is 0 Å². The molecule has 0 bridgehead atoms. The molecule has 2 aromatic carbocycles. The number of halogens is 3. The Morgan fingerprint density at radius 1 is 1.00 bits per heavy atom. The van der Waals surface area contributed by atoms with E-state index in [2.05, 4.69) is 4.98 Å². The fourth-order valence-electron chi connectivity index (χ4n) is 2.89. The van der Waals surface area contributed by atoms with Gasteiger partial charge in [0.1, 0.15) is 28.4 Å². The summed E-state index contributed by atoms with van der Waals surface area (Å²) < 4.78 is 73.1. The molecule has 1 aromatic heterocycles. The zero-order chi connectivity index (χ0) is 21.9. The standard InChI is InChI=1S/C21H16F3NO4S/c1-2-29-21(26)19-10-3-13(12-25-19)20(17-11-15(23)6-9-18(17)24)30(27,28)16-7-4-14(22)5-8-16/h3-12,20H,2H2,1H3. The number of hydrogen-bond donors (Lipinski definition) is 0. The number of sulfone groups is 1. The number of hydrogen-bond acceptors (Lipinski definition) is 5. The Balaban J connectivity index is 2.17. The van der Waals surface area contributed by atoms with E-state index in [0.717, 1.165) is 48.7 Å². The van der Waals surface area contributed by atoms with Crippen LogP contribution < -0.4 is 0 Å².